The molecule has 0 heterocycles. The molecule has 6 N–H and O–H groups in total. The van der Waals surface area contributed by atoms with E-state index >= 15 is 0 Å². The molecule has 0 aromatic heterocycles. The minimum Gasteiger partial charge on any atom is -0.370 e. The van der Waals surface area contributed by atoms with E-state index in [1.807, 2.05) is 0 Å². The zero-order valence-corrected chi connectivity index (χ0v) is 4.55. The van der Waals surface area contributed by atoms with Gasteiger partial charge in [0.25, 0.3) is 0 Å². The van der Waals surface area contributed by atoms with Crippen LogP contribution in [0.2, 0.25) is 0 Å². The Morgan fingerprint density at radius 1 is 1.12 bits per heavy atom. The molecule has 0 atom stereocenters. The number of rotatable bonds is 0. The monoisotopic (exact) mass is 119 g/mol. The lowest BCUT2D eigenvalue weighted by atomic mass is 10.8. The highest BCUT2D eigenvalue weighted by atomic mass is 16.2. The van der Waals surface area contributed by atoms with Crippen LogP contribution in [-0.2, 0) is 4.79 Å². The molecule has 8 heavy (non-hydrogen) atoms. The van der Waals surface area contributed by atoms with Gasteiger partial charge in [-0.3, -0.25) is 4.79 Å². The molecule has 0 unspecified atom stereocenters. The van der Waals surface area contributed by atoms with Crippen molar-refractivity contribution >= 4 is 11.9 Å². The maximum atomic E-state index is 9.22. The predicted octanol–water partition coefficient (Wildman–Crippen LogP) is -1.48. The molecule has 5 heteroatoms. The molecule has 0 aliphatic heterocycles. The number of carbonyl (C=O) groups excluding carboxylic acids is 2. The quantitative estimate of drug-likeness (QED) is 0.361. The van der Waals surface area contributed by atoms with Crippen molar-refractivity contribution in [2.75, 3.05) is 0 Å². The fraction of sp³-hybridized carbons (Fsp3) is 0.333. The van der Waals surface area contributed by atoms with Gasteiger partial charge in [-0.05, 0) is 0 Å². The lowest BCUT2D eigenvalue weighted by Gasteiger charge is -1.62. The van der Waals surface area contributed by atoms with E-state index in [-0.39, 0.29) is 5.91 Å². The summed E-state index contributed by atoms with van der Waals surface area (Å²) in [6.45, 7) is 1.31. The van der Waals surface area contributed by atoms with Crippen LogP contribution >= 0.6 is 0 Å². The van der Waals surface area contributed by atoms with Gasteiger partial charge >= 0.3 is 6.03 Å². The summed E-state index contributed by atoms with van der Waals surface area (Å²) in [4.78, 5) is 18.2. The van der Waals surface area contributed by atoms with Crippen molar-refractivity contribution in [1.29, 1.82) is 0 Å². The fourth-order valence-electron chi connectivity index (χ4n) is 0. The van der Waals surface area contributed by atoms with E-state index in [0.29, 0.717) is 0 Å². The van der Waals surface area contributed by atoms with E-state index in [4.69, 9.17) is 4.79 Å². The number of nitrogens with two attached hydrogens (primary N) is 3. The Morgan fingerprint density at radius 3 is 1.12 bits per heavy atom. The molecule has 0 spiro atoms. The summed E-state index contributed by atoms with van der Waals surface area (Å²) in [6.07, 6.45) is 0. The summed E-state index contributed by atoms with van der Waals surface area (Å²) in [5.41, 5.74) is 13.0. The minimum absolute atomic E-state index is 0.333. The first-order valence-corrected chi connectivity index (χ1v) is 1.77. The predicted molar refractivity (Wildman–Crippen MR) is 28.6 cm³/mol. The van der Waals surface area contributed by atoms with E-state index < -0.39 is 6.03 Å². The van der Waals surface area contributed by atoms with Gasteiger partial charge < -0.3 is 17.2 Å². The summed E-state index contributed by atoms with van der Waals surface area (Å²) >= 11 is 0. The number of urea groups is 1. The first kappa shape index (κ1) is 9.88. The van der Waals surface area contributed by atoms with E-state index in [9.17, 15) is 4.79 Å². The molecule has 0 bridgehead atoms. The van der Waals surface area contributed by atoms with Crippen LogP contribution < -0.4 is 17.2 Å². The number of hydrogen-bond donors (Lipinski definition) is 3. The SMILES string of the molecule is CC(N)=O.NC(N)=O. The second-order valence-electron chi connectivity index (χ2n) is 1.01. The molecule has 0 saturated carbocycles. The van der Waals surface area contributed by atoms with Gasteiger partial charge in [0.15, 0.2) is 0 Å². The van der Waals surface area contributed by atoms with Crippen molar-refractivity contribution in [3.63, 3.8) is 0 Å². The van der Waals surface area contributed by atoms with Crippen LogP contribution in [0.5, 0.6) is 0 Å². The van der Waals surface area contributed by atoms with E-state index in [1.54, 1.807) is 0 Å². The molecule has 0 aromatic rings. The van der Waals surface area contributed by atoms with Gasteiger partial charge in [0.05, 0.1) is 0 Å². The van der Waals surface area contributed by atoms with Gasteiger partial charge in [-0.2, -0.15) is 0 Å². The number of hydrogen-bond acceptors (Lipinski definition) is 2. The number of carbonyl (C=O) groups is 2. The zero-order valence-electron chi connectivity index (χ0n) is 4.55. The van der Waals surface area contributed by atoms with Crippen molar-refractivity contribution in [3.05, 3.63) is 0 Å². The summed E-state index contributed by atoms with van der Waals surface area (Å²) in [6, 6.07) is -0.833. The Hall–Kier alpha value is -1.26. The first-order chi connectivity index (χ1) is 3.46. The first-order valence-electron chi connectivity index (χ1n) is 1.77. The zero-order chi connectivity index (χ0) is 7.15. The Labute approximate surface area is 46.8 Å². The van der Waals surface area contributed by atoms with E-state index in [1.165, 1.54) is 6.92 Å². The molecule has 0 aliphatic carbocycles. The smallest absolute Gasteiger partial charge is 0.309 e. The molecule has 0 fully saturated rings. The van der Waals surface area contributed by atoms with Crippen LogP contribution in [0.25, 0.3) is 0 Å². The Balaban J connectivity index is 0. The normalized spacial score (nSPS) is 6.12. The number of primary amides is 3. The lowest BCUT2D eigenvalue weighted by Crippen LogP contribution is -2.18. The average Bonchev–Trinajstić information content (AvgIpc) is 1.25. The van der Waals surface area contributed by atoms with Gasteiger partial charge in [-0.15, -0.1) is 0 Å². The van der Waals surface area contributed by atoms with Crippen LogP contribution in [0, 0.1) is 0 Å². The van der Waals surface area contributed by atoms with Gasteiger partial charge in [0, 0.05) is 6.92 Å². The topological polar surface area (TPSA) is 112 Å². The molecule has 0 radical (unpaired) electrons. The minimum atomic E-state index is -0.833. The van der Waals surface area contributed by atoms with Crippen molar-refractivity contribution < 1.29 is 9.59 Å². The van der Waals surface area contributed by atoms with Gasteiger partial charge in [-0.1, -0.05) is 0 Å². The molecule has 0 aliphatic rings. The summed E-state index contributed by atoms with van der Waals surface area (Å²) in [7, 11) is 0. The summed E-state index contributed by atoms with van der Waals surface area (Å²) in [5.74, 6) is -0.333. The molecular formula is C3H9N3O2. The van der Waals surface area contributed by atoms with Gasteiger partial charge in [0.2, 0.25) is 5.91 Å². The van der Waals surface area contributed by atoms with Crippen LogP contribution in [0.4, 0.5) is 4.79 Å². The largest absolute Gasteiger partial charge is 0.370 e. The van der Waals surface area contributed by atoms with Crippen LogP contribution in [0.1, 0.15) is 6.92 Å². The van der Waals surface area contributed by atoms with Gasteiger partial charge in [-0.25, -0.2) is 4.79 Å². The van der Waals surface area contributed by atoms with Crippen molar-refractivity contribution in [2.24, 2.45) is 17.2 Å². The molecule has 0 rings (SSSR count). The summed E-state index contributed by atoms with van der Waals surface area (Å²) < 4.78 is 0. The Kier molecular flexibility index (Phi) is 7.09. The Morgan fingerprint density at radius 2 is 1.12 bits per heavy atom. The Bertz CT molecular complexity index is 70.5. The van der Waals surface area contributed by atoms with E-state index in [0.717, 1.165) is 0 Å². The van der Waals surface area contributed by atoms with E-state index in [2.05, 4.69) is 17.2 Å². The summed E-state index contributed by atoms with van der Waals surface area (Å²) in [5, 5.41) is 0. The highest BCUT2D eigenvalue weighted by molar-refractivity contribution is 5.70. The standard InChI is InChI=1S/C2H5NO.CH4N2O/c1-2(3)4;2-1(3)4/h1H3,(H2,3,4);(H4,2,3,4). The third-order valence-electron chi connectivity index (χ3n) is 0. The lowest BCUT2D eigenvalue weighted by molar-refractivity contribution is -0.115. The second-order valence-corrected chi connectivity index (χ2v) is 1.01. The van der Waals surface area contributed by atoms with Crippen LogP contribution in [0.15, 0.2) is 0 Å². The van der Waals surface area contributed by atoms with Crippen LogP contribution in [-0.4, -0.2) is 11.9 Å². The highest BCUT2D eigenvalue weighted by Crippen LogP contribution is 1.33. The second kappa shape index (κ2) is 5.74. The highest BCUT2D eigenvalue weighted by Gasteiger charge is 1.61. The maximum absolute atomic E-state index is 9.22. The molecule has 48 valence electrons. The molecule has 3 amide bonds. The van der Waals surface area contributed by atoms with Gasteiger partial charge in [0.1, 0.15) is 0 Å². The maximum Gasteiger partial charge on any atom is 0.309 e. The van der Waals surface area contributed by atoms with Crippen molar-refractivity contribution in [2.45, 2.75) is 6.92 Å². The van der Waals surface area contributed by atoms with Crippen molar-refractivity contribution in [3.8, 4) is 0 Å². The molecular weight excluding hydrogens is 110 g/mol. The van der Waals surface area contributed by atoms with Crippen LogP contribution in [0.3, 0.4) is 0 Å². The molecule has 5 nitrogen and oxygen atoms in total. The average molecular weight is 119 g/mol. The van der Waals surface area contributed by atoms with Crippen molar-refractivity contribution in [1.82, 2.24) is 0 Å². The molecule has 0 saturated heterocycles. The fourth-order valence-corrected chi connectivity index (χ4v) is 0. The third-order valence-corrected chi connectivity index (χ3v) is 0. The third kappa shape index (κ3) is 41.8. The molecule has 0 aromatic carbocycles. The number of amides is 3.